The number of hydrogen-bond donors (Lipinski definition) is 1. The van der Waals surface area contributed by atoms with Crippen molar-refractivity contribution in [1.29, 1.82) is 0 Å². The summed E-state index contributed by atoms with van der Waals surface area (Å²) in [5.74, 6) is 0. The summed E-state index contributed by atoms with van der Waals surface area (Å²) in [7, 11) is 0. The fourth-order valence-corrected chi connectivity index (χ4v) is 4.27. The van der Waals surface area contributed by atoms with Gasteiger partial charge in [0.25, 0.3) is 0 Å². The molecular weight excluding hydrogens is 326 g/mol. The molecule has 0 radical (unpaired) electrons. The van der Waals surface area contributed by atoms with Gasteiger partial charge in [0, 0.05) is 6.04 Å². The summed E-state index contributed by atoms with van der Waals surface area (Å²) in [5.41, 5.74) is 10.8. The van der Waals surface area contributed by atoms with Gasteiger partial charge in [0.1, 0.15) is 0 Å². The fourth-order valence-electron chi connectivity index (χ4n) is 4.27. The third-order valence-electron chi connectivity index (χ3n) is 6.11. The minimum Gasteiger partial charge on any atom is -0.324 e. The van der Waals surface area contributed by atoms with Crippen LogP contribution in [0.25, 0.3) is 10.8 Å². The van der Waals surface area contributed by atoms with Crippen molar-refractivity contribution >= 4 is 10.8 Å². The Morgan fingerprint density at radius 3 is 1.96 bits per heavy atom. The van der Waals surface area contributed by atoms with Gasteiger partial charge in [0.15, 0.2) is 0 Å². The molecule has 0 aliphatic heterocycles. The monoisotopic (exact) mass is 367 g/mol. The maximum absolute atomic E-state index is 6.65. The molecule has 150 valence electrons. The zero-order valence-electron chi connectivity index (χ0n) is 18.0. The van der Waals surface area contributed by atoms with Gasteiger partial charge >= 0.3 is 0 Å². The number of hydrogen-bond acceptors (Lipinski definition) is 1. The molecule has 2 N–H and O–H groups in total. The van der Waals surface area contributed by atoms with Gasteiger partial charge in [-0.05, 0) is 47.7 Å². The Kier molecular flexibility index (Phi) is 9.91. The molecular formula is C26H41N. The third-order valence-corrected chi connectivity index (χ3v) is 6.11. The lowest BCUT2D eigenvalue weighted by atomic mass is 9.89. The lowest BCUT2D eigenvalue weighted by Crippen LogP contribution is -2.13. The SMILES string of the molecule is CCCCCCCCCCCCCC(N)c1c(C)c(C)cc2ccccc12. The van der Waals surface area contributed by atoms with E-state index in [1.807, 2.05) is 0 Å². The van der Waals surface area contributed by atoms with Crippen LogP contribution in [0.3, 0.4) is 0 Å². The van der Waals surface area contributed by atoms with E-state index in [0.29, 0.717) is 0 Å². The van der Waals surface area contributed by atoms with Crippen LogP contribution in [0.15, 0.2) is 30.3 Å². The predicted molar refractivity (Wildman–Crippen MR) is 121 cm³/mol. The first-order chi connectivity index (χ1) is 13.1. The summed E-state index contributed by atoms with van der Waals surface area (Å²) in [4.78, 5) is 0. The van der Waals surface area contributed by atoms with Gasteiger partial charge in [-0.3, -0.25) is 0 Å². The van der Waals surface area contributed by atoms with Gasteiger partial charge < -0.3 is 5.73 Å². The van der Waals surface area contributed by atoms with E-state index in [4.69, 9.17) is 5.73 Å². The summed E-state index contributed by atoms with van der Waals surface area (Å²) in [6.45, 7) is 6.73. The van der Waals surface area contributed by atoms with E-state index in [9.17, 15) is 0 Å². The molecule has 0 aliphatic rings. The van der Waals surface area contributed by atoms with E-state index < -0.39 is 0 Å². The molecule has 0 saturated heterocycles. The van der Waals surface area contributed by atoms with E-state index in [-0.39, 0.29) is 6.04 Å². The second kappa shape index (κ2) is 12.2. The summed E-state index contributed by atoms with van der Waals surface area (Å²) >= 11 is 0. The molecule has 2 rings (SSSR count). The molecule has 2 aromatic rings. The first kappa shape index (κ1) is 22.0. The lowest BCUT2D eigenvalue weighted by molar-refractivity contribution is 0.526. The van der Waals surface area contributed by atoms with Crippen molar-refractivity contribution in [2.75, 3.05) is 0 Å². The van der Waals surface area contributed by atoms with Crippen LogP contribution in [-0.2, 0) is 0 Å². The van der Waals surface area contributed by atoms with Crippen LogP contribution < -0.4 is 5.73 Å². The van der Waals surface area contributed by atoms with Crippen LogP contribution in [0.4, 0.5) is 0 Å². The highest BCUT2D eigenvalue weighted by atomic mass is 14.6. The maximum Gasteiger partial charge on any atom is 0.0303 e. The fraction of sp³-hybridized carbons (Fsp3) is 0.615. The van der Waals surface area contributed by atoms with Gasteiger partial charge in [-0.15, -0.1) is 0 Å². The number of benzene rings is 2. The number of aryl methyl sites for hydroxylation is 1. The van der Waals surface area contributed by atoms with E-state index in [1.165, 1.54) is 98.1 Å². The third kappa shape index (κ3) is 6.96. The zero-order chi connectivity index (χ0) is 19.5. The van der Waals surface area contributed by atoms with Crippen LogP contribution in [0, 0.1) is 13.8 Å². The quantitative estimate of drug-likeness (QED) is 0.355. The van der Waals surface area contributed by atoms with Crippen LogP contribution in [-0.4, -0.2) is 0 Å². The molecule has 1 unspecified atom stereocenters. The molecule has 1 atom stereocenters. The largest absolute Gasteiger partial charge is 0.324 e. The highest BCUT2D eigenvalue weighted by molar-refractivity contribution is 5.88. The summed E-state index contributed by atoms with van der Waals surface area (Å²) in [6, 6.07) is 11.2. The van der Waals surface area contributed by atoms with E-state index in [0.717, 1.165) is 6.42 Å². The molecule has 0 spiro atoms. The minimum absolute atomic E-state index is 0.161. The average molecular weight is 368 g/mol. The number of rotatable bonds is 13. The highest BCUT2D eigenvalue weighted by Crippen LogP contribution is 2.31. The first-order valence-corrected chi connectivity index (χ1v) is 11.4. The molecule has 0 aliphatic carbocycles. The standard InChI is InChI=1S/C26H41N/c1-4-5-6-7-8-9-10-11-12-13-14-19-25(27)26-22(3)21(2)20-23-17-15-16-18-24(23)26/h15-18,20,25H,4-14,19,27H2,1-3H3. The number of nitrogens with two attached hydrogens (primary N) is 1. The Bertz CT molecular complexity index is 673. The molecule has 0 heterocycles. The molecule has 2 aromatic carbocycles. The molecule has 0 bridgehead atoms. The van der Waals surface area contributed by atoms with Crippen molar-refractivity contribution < 1.29 is 0 Å². The predicted octanol–water partition coefficient (Wildman–Crippen LogP) is 8.16. The van der Waals surface area contributed by atoms with Crippen molar-refractivity contribution in [3.63, 3.8) is 0 Å². The number of fused-ring (bicyclic) bond motifs is 1. The van der Waals surface area contributed by atoms with Gasteiger partial charge in [0.2, 0.25) is 0 Å². The topological polar surface area (TPSA) is 26.0 Å². The first-order valence-electron chi connectivity index (χ1n) is 11.4. The highest BCUT2D eigenvalue weighted by Gasteiger charge is 2.14. The van der Waals surface area contributed by atoms with E-state index in [2.05, 4.69) is 51.1 Å². The smallest absolute Gasteiger partial charge is 0.0303 e. The second-order valence-electron chi connectivity index (χ2n) is 8.38. The number of unbranched alkanes of at least 4 members (excludes halogenated alkanes) is 10. The molecule has 0 amide bonds. The van der Waals surface area contributed by atoms with Gasteiger partial charge in [0.05, 0.1) is 0 Å². The van der Waals surface area contributed by atoms with Crippen molar-refractivity contribution in [3.8, 4) is 0 Å². The maximum atomic E-state index is 6.65. The Morgan fingerprint density at radius 1 is 0.778 bits per heavy atom. The van der Waals surface area contributed by atoms with Gasteiger partial charge in [-0.2, -0.15) is 0 Å². The molecule has 1 nitrogen and oxygen atoms in total. The van der Waals surface area contributed by atoms with E-state index in [1.54, 1.807) is 0 Å². The Balaban J connectivity index is 1.70. The van der Waals surface area contributed by atoms with Gasteiger partial charge in [-0.25, -0.2) is 0 Å². The average Bonchev–Trinajstić information content (AvgIpc) is 2.67. The summed E-state index contributed by atoms with van der Waals surface area (Å²) in [5, 5.41) is 2.67. The van der Waals surface area contributed by atoms with Crippen molar-refractivity contribution in [1.82, 2.24) is 0 Å². The molecule has 0 aromatic heterocycles. The Hall–Kier alpha value is -1.34. The van der Waals surface area contributed by atoms with Crippen LogP contribution in [0.2, 0.25) is 0 Å². The lowest BCUT2D eigenvalue weighted by Gasteiger charge is -2.19. The minimum atomic E-state index is 0.161. The zero-order valence-corrected chi connectivity index (χ0v) is 18.0. The van der Waals surface area contributed by atoms with Crippen molar-refractivity contribution in [2.45, 2.75) is 104 Å². The molecule has 1 heteroatoms. The Morgan fingerprint density at radius 2 is 1.33 bits per heavy atom. The summed E-state index contributed by atoms with van der Waals surface area (Å²) in [6.07, 6.45) is 16.4. The van der Waals surface area contributed by atoms with Crippen LogP contribution in [0.5, 0.6) is 0 Å². The normalized spacial score (nSPS) is 12.6. The molecule has 27 heavy (non-hydrogen) atoms. The van der Waals surface area contributed by atoms with Crippen molar-refractivity contribution in [3.05, 3.63) is 47.0 Å². The Labute approximate surface area is 167 Å². The summed E-state index contributed by atoms with van der Waals surface area (Å²) < 4.78 is 0. The second-order valence-corrected chi connectivity index (χ2v) is 8.38. The van der Waals surface area contributed by atoms with E-state index >= 15 is 0 Å². The molecule has 0 fully saturated rings. The van der Waals surface area contributed by atoms with Gasteiger partial charge in [-0.1, -0.05) is 108 Å². The van der Waals surface area contributed by atoms with Crippen LogP contribution >= 0.6 is 0 Å². The molecule has 0 saturated carbocycles. The van der Waals surface area contributed by atoms with Crippen molar-refractivity contribution in [2.24, 2.45) is 5.73 Å². The van der Waals surface area contributed by atoms with Crippen LogP contribution in [0.1, 0.15) is 107 Å².